The lowest BCUT2D eigenvalue weighted by atomic mass is 10.2. The summed E-state index contributed by atoms with van der Waals surface area (Å²) in [6.07, 6.45) is 0. The maximum absolute atomic E-state index is 12.1. The van der Waals surface area contributed by atoms with Crippen molar-refractivity contribution >= 4 is 32.4 Å². The summed E-state index contributed by atoms with van der Waals surface area (Å²) in [6, 6.07) is 3.78. The molecule has 9 heteroatoms. The van der Waals surface area contributed by atoms with Gasteiger partial charge in [-0.05, 0) is 12.1 Å². The molecule has 0 bridgehead atoms. The summed E-state index contributed by atoms with van der Waals surface area (Å²) in [6.45, 7) is -3.28. The van der Waals surface area contributed by atoms with Crippen molar-refractivity contribution in [1.82, 2.24) is 0 Å². The number of halogens is 3. The van der Waals surface area contributed by atoms with E-state index in [0.29, 0.717) is 0 Å². The molecule has 0 atom stereocenters. The quantitative estimate of drug-likeness (QED) is 0.687. The summed E-state index contributed by atoms with van der Waals surface area (Å²) in [5.41, 5.74) is -0.373. The summed E-state index contributed by atoms with van der Waals surface area (Å²) in [7, 11) is 0.714. The summed E-state index contributed by atoms with van der Waals surface area (Å²) >= 11 is 3.77. The van der Waals surface area contributed by atoms with E-state index in [4.69, 9.17) is 15.9 Å². The highest BCUT2D eigenvalue weighted by atomic mass is 35.7. The van der Waals surface area contributed by atoms with Crippen LogP contribution >= 0.6 is 23.3 Å². The van der Waals surface area contributed by atoms with E-state index in [9.17, 15) is 17.2 Å². The minimum absolute atomic E-state index is 0.186. The van der Waals surface area contributed by atoms with Crippen LogP contribution in [0, 0.1) is 11.3 Å². The van der Waals surface area contributed by atoms with Crippen LogP contribution in [0.5, 0.6) is 5.75 Å². The number of thiol groups is 1. The van der Waals surface area contributed by atoms with Gasteiger partial charge in [0, 0.05) is 15.6 Å². The molecule has 4 nitrogen and oxygen atoms in total. The molecule has 0 amide bonds. The molecule has 1 aromatic rings. The second kappa shape index (κ2) is 5.08. The Morgan fingerprint density at radius 1 is 1.47 bits per heavy atom. The van der Waals surface area contributed by atoms with Crippen molar-refractivity contribution in [3.8, 4) is 11.8 Å². The second-order valence-electron chi connectivity index (χ2n) is 2.72. The molecule has 0 aliphatic rings. The van der Waals surface area contributed by atoms with Crippen LogP contribution in [0.4, 0.5) is 8.78 Å². The fourth-order valence-electron chi connectivity index (χ4n) is 1.08. The van der Waals surface area contributed by atoms with Crippen LogP contribution in [0.3, 0.4) is 0 Å². The zero-order valence-electron chi connectivity index (χ0n) is 7.89. The summed E-state index contributed by atoms with van der Waals surface area (Å²) in [5, 5.41) is 8.67. The van der Waals surface area contributed by atoms with Crippen molar-refractivity contribution in [2.24, 2.45) is 0 Å². The first-order valence-electron chi connectivity index (χ1n) is 3.93. The van der Waals surface area contributed by atoms with Crippen molar-refractivity contribution in [3.05, 3.63) is 17.7 Å². The van der Waals surface area contributed by atoms with Crippen molar-refractivity contribution in [2.75, 3.05) is 0 Å². The van der Waals surface area contributed by atoms with Crippen LogP contribution in [-0.2, 0) is 9.05 Å². The van der Waals surface area contributed by atoms with E-state index in [2.05, 4.69) is 17.4 Å². The lowest BCUT2D eigenvalue weighted by Gasteiger charge is -2.11. The van der Waals surface area contributed by atoms with Gasteiger partial charge < -0.3 is 4.74 Å². The summed E-state index contributed by atoms with van der Waals surface area (Å²) < 4.78 is 50.7. The Hall–Kier alpha value is -1.04. The molecule has 0 fully saturated rings. The van der Waals surface area contributed by atoms with E-state index in [0.717, 1.165) is 12.1 Å². The highest BCUT2D eigenvalue weighted by Crippen LogP contribution is 2.36. The molecule has 0 aliphatic heterocycles. The van der Waals surface area contributed by atoms with Gasteiger partial charge in [-0.2, -0.15) is 14.0 Å². The Kier molecular flexibility index (Phi) is 4.19. The molecule has 0 aliphatic carbocycles. The first kappa shape index (κ1) is 14.0. The molecule has 1 rings (SSSR count). The Bertz CT molecular complexity index is 583. The van der Waals surface area contributed by atoms with Crippen molar-refractivity contribution in [1.29, 1.82) is 5.26 Å². The largest absolute Gasteiger partial charge is 0.432 e. The van der Waals surface area contributed by atoms with E-state index in [1.165, 1.54) is 6.07 Å². The maximum Gasteiger partial charge on any atom is 0.387 e. The minimum Gasteiger partial charge on any atom is -0.432 e. The number of hydrogen-bond donors (Lipinski definition) is 1. The molecule has 92 valence electrons. The molecule has 17 heavy (non-hydrogen) atoms. The molecule has 0 spiro atoms. The number of alkyl halides is 2. The molecule has 0 saturated carbocycles. The van der Waals surface area contributed by atoms with Crippen LogP contribution < -0.4 is 4.74 Å². The topological polar surface area (TPSA) is 67.2 Å². The third-order valence-electron chi connectivity index (χ3n) is 1.66. The lowest BCUT2D eigenvalue weighted by Crippen LogP contribution is -2.08. The zero-order valence-corrected chi connectivity index (χ0v) is 10.4. The number of nitriles is 1. The fourth-order valence-corrected chi connectivity index (χ4v) is 2.94. The molecule has 0 radical (unpaired) electrons. The van der Waals surface area contributed by atoms with E-state index >= 15 is 0 Å². The SMILES string of the molecule is N#Cc1ccc(S)c(S(=O)(=O)Cl)c1OC(F)F. The summed E-state index contributed by atoms with van der Waals surface area (Å²) in [5.74, 6) is -0.801. The van der Waals surface area contributed by atoms with E-state index in [-0.39, 0.29) is 10.5 Å². The first-order chi connectivity index (χ1) is 7.77. The number of benzene rings is 1. The maximum atomic E-state index is 12.1. The molecule has 0 unspecified atom stereocenters. The Morgan fingerprint density at radius 2 is 2.06 bits per heavy atom. The second-order valence-corrected chi connectivity index (χ2v) is 5.70. The Labute approximate surface area is 106 Å². The molecule has 0 aromatic heterocycles. The Morgan fingerprint density at radius 3 is 2.47 bits per heavy atom. The normalized spacial score (nSPS) is 11.3. The van der Waals surface area contributed by atoms with E-state index in [1.54, 1.807) is 0 Å². The van der Waals surface area contributed by atoms with E-state index < -0.39 is 26.3 Å². The van der Waals surface area contributed by atoms with Gasteiger partial charge in [0.15, 0.2) is 5.75 Å². The molecule has 0 heterocycles. The molecular weight excluding hydrogens is 296 g/mol. The lowest BCUT2D eigenvalue weighted by molar-refractivity contribution is -0.0521. The van der Waals surface area contributed by atoms with Gasteiger partial charge >= 0.3 is 6.61 Å². The first-order valence-corrected chi connectivity index (χ1v) is 6.68. The van der Waals surface area contributed by atoms with Crippen LogP contribution in [0.2, 0.25) is 0 Å². The number of hydrogen-bond acceptors (Lipinski definition) is 5. The summed E-state index contributed by atoms with van der Waals surface area (Å²) in [4.78, 5) is -0.934. The van der Waals surface area contributed by atoms with Gasteiger partial charge in [0.05, 0.1) is 5.56 Å². The highest BCUT2D eigenvalue weighted by molar-refractivity contribution is 8.14. The van der Waals surface area contributed by atoms with Gasteiger partial charge in [-0.25, -0.2) is 8.42 Å². The van der Waals surface area contributed by atoms with Crippen LogP contribution in [-0.4, -0.2) is 15.0 Å². The van der Waals surface area contributed by atoms with Gasteiger partial charge in [0.2, 0.25) is 0 Å². The fraction of sp³-hybridized carbons (Fsp3) is 0.125. The standard InChI is InChI=1S/C8H4ClF2NO3S2/c9-17(13,14)7-5(16)2-1-4(3-12)6(7)15-8(10)11/h1-2,8,16H. The van der Waals surface area contributed by atoms with Crippen molar-refractivity contribution in [2.45, 2.75) is 16.4 Å². The van der Waals surface area contributed by atoms with Crippen molar-refractivity contribution in [3.63, 3.8) is 0 Å². The molecule has 1 aromatic carbocycles. The number of rotatable bonds is 3. The third kappa shape index (κ3) is 3.21. The molecule has 0 saturated heterocycles. The average molecular weight is 300 g/mol. The predicted molar refractivity (Wildman–Crippen MR) is 58.1 cm³/mol. The minimum atomic E-state index is -4.36. The average Bonchev–Trinajstić information content (AvgIpc) is 2.15. The predicted octanol–water partition coefficient (Wildman–Crippen LogP) is 2.38. The van der Waals surface area contributed by atoms with Crippen LogP contribution in [0.25, 0.3) is 0 Å². The smallest absolute Gasteiger partial charge is 0.387 e. The van der Waals surface area contributed by atoms with E-state index in [1.807, 2.05) is 0 Å². The highest BCUT2D eigenvalue weighted by Gasteiger charge is 2.25. The third-order valence-corrected chi connectivity index (χ3v) is 3.54. The van der Waals surface area contributed by atoms with Gasteiger partial charge in [0.1, 0.15) is 11.0 Å². The van der Waals surface area contributed by atoms with Crippen molar-refractivity contribution < 1.29 is 21.9 Å². The monoisotopic (exact) mass is 299 g/mol. The zero-order chi connectivity index (χ0) is 13.2. The van der Waals surface area contributed by atoms with Gasteiger partial charge in [-0.1, -0.05) is 0 Å². The van der Waals surface area contributed by atoms with Crippen LogP contribution in [0.15, 0.2) is 21.9 Å². The Balaban J connectivity index is 3.61. The van der Waals surface area contributed by atoms with Gasteiger partial charge in [-0.15, -0.1) is 12.6 Å². The van der Waals surface area contributed by atoms with Gasteiger partial charge in [0.25, 0.3) is 9.05 Å². The molecule has 0 N–H and O–H groups in total. The van der Waals surface area contributed by atoms with Gasteiger partial charge in [-0.3, -0.25) is 0 Å². The number of ether oxygens (including phenoxy) is 1. The van der Waals surface area contributed by atoms with Crippen LogP contribution in [0.1, 0.15) is 5.56 Å². The number of nitrogens with zero attached hydrogens (tertiary/aromatic N) is 1. The molecular formula is C8H4ClF2NO3S2.